The second-order valence-corrected chi connectivity index (χ2v) is 7.28. The molecule has 0 saturated carbocycles. The zero-order chi connectivity index (χ0) is 17.9. The molecule has 136 valence electrons. The first-order valence-corrected chi connectivity index (χ1v) is 9.40. The SMILES string of the molecule is Cc1noc(C)c1CN1CCC[C@H](c2nccn2Cc2ccccc2)C1. The summed E-state index contributed by atoms with van der Waals surface area (Å²) >= 11 is 0. The first-order valence-electron chi connectivity index (χ1n) is 9.40. The molecule has 0 N–H and O–H groups in total. The molecule has 1 aliphatic rings. The molecule has 0 bridgehead atoms. The van der Waals surface area contributed by atoms with Crippen molar-refractivity contribution in [1.82, 2.24) is 19.6 Å². The molecule has 1 saturated heterocycles. The molecular formula is C21H26N4O. The predicted octanol–water partition coefficient (Wildman–Crippen LogP) is 3.92. The van der Waals surface area contributed by atoms with Gasteiger partial charge in [0.2, 0.25) is 0 Å². The summed E-state index contributed by atoms with van der Waals surface area (Å²) in [5, 5.41) is 4.09. The third kappa shape index (κ3) is 3.58. The molecule has 5 heteroatoms. The fraction of sp³-hybridized carbons (Fsp3) is 0.429. The second-order valence-electron chi connectivity index (χ2n) is 7.28. The van der Waals surface area contributed by atoms with Crippen LogP contribution >= 0.6 is 0 Å². The smallest absolute Gasteiger partial charge is 0.138 e. The number of aromatic nitrogens is 3. The van der Waals surface area contributed by atoms with Crippen LogP contribution in [0, 0.1) is 13.8 Å². The molecule has 3 aromatic rings. The lowest BCUT2D eigenvalue weighted by atomic mass is 9.96. The normalized spacial score (nSPS) is 18.3. The minimum atomic E-state index is 0.475. The molecule has 0 spiro atoms. The summed E-state index contributed by atoms with van der Waals surface area (Å²) in [6, 6.07) is 10.6. The molecule has 5 nitrogen and oxygen atoms in total. The maximum absolute atomic E-state index is 5.33. The zero-order valence-electron chi connectivity index (χ0n) is 15.6. The van der Waals surface area contributed by atoms with E-state index in [4.69, 9.17) is 9.51 Å². The standard InChI is InChI=1S/C21H26N4O/c1-16-20(17(2)26-23-16)15-24-11-6-9-19(14-24)21-22-10-12-25(21)13-18-7-4-3-5-8-18/h3-5,7-8,10,12,19H,6,9,11,13-15H2,1-2H3/t19-/m0/s1. The number of piperidine rings is 1. The molecule has 0 unspecified atom stereocenters. The number of hydrogen-bond donors (Lipinski definition) is 0. The average Bonchev–Trinajstić information content (AvgIpc) is 3.25. The highest BCUT2D eigenvalue weighted by Gasteiger charge is 2.26. The van der Waals surface area contributed by atoms with E-state index < -0.39 is 0 Å². The number of benzene rings is 1. The van der Waals surface area contributed by atoms with Gasteiger partial charge in [-0.3, -0.25) is 4.90 Å². The molecule has 0 radical (unpaired) electrons. The summed E-state index contributed by atoms with van der Waals surface area (Å²) in [7, 11) is 0. The molecule has 3 heterocycles. The molecule has 26 heavy (non-hydrogen) atoms. The van der Waals surface area contributed by atoms with Crippen LogP contribution in [0.4, 0.5) is 0 Å². The fourth-order valence-corrected chi connectivity index (χ4v) is 3.96. The Morgan fingerprint density at radius 2 is 2.00 bits per heavy atom. The molecule has 1 aliphatic heterocycles. The van der Waals surface area contributed by atoms with E-state index in [-0.39, 0.29) is 0 Å². The zero-order valence-corrected chi connectivity index (χ0v) is 15.6. The van der Waals surface area contributed by atoms with Crippen LogP contribution in [0.3, 0.4) is 0 Å². The first kappa shape index (κ1) is 17.0. The van der Waals surface area contributed by atoms with Crippen LogP contribution in [0.5, 0.6) is 0 Å². The van der Waals surface area contributed by atoms with E-state index in [1.807, 2.05) is 20.0 Å². The van der Waals surface area contributed by atoms with Crippen LogP contribution in [0.2, 0.25) is 0 Å². The minimum Gasteiger partial charge on any atom is -0.361 e. The lowest BCUT2D eigenvalue weighted by Gasteiger charge is -2.32. The van der Waals surface area contributed by atoms with E-state index in [9.17, 15) is 0 Å². The minimum absolute atomic E-state index is 0.475. The van der Waals surface area contributed by atoms with E-state index in [1.165, 1.54) is 29.8 Å². The van der Waals surface area contributed by atoms with Gasteiger partial charge in [0.1, 0.15) is 11.6 Å². The Bertz CT molecular complexity index is 833. The van der Waals surface area contributed by atoms with Crippen molar-refractivity contribution in [2.24, 2.45) is 0 Å². The van der Waals surface area contributed by atoms with E-state index >= 15 is 0 Å². The number of likely N-dealkylation sites (tertiary alicyclic amines) is 1. The molecule has 4 rings (SSSR count). The summed E-state index contributed by atoms with van der Waals surface area (Å²) < 4.78 is 7.63. The van der Waals surface area contributed by atoms with Gasteiger partial charge < -0.3 is 9.09 Å². The van der Waals surface area contributed by atoms with Crippen molar-refractivity contribution in [3.8, 4) is 0 Å². The van der Waals surface area contributed by atoms with Gasteiger partial charge in [0.15, 0.2) is 0 Å². The van der Waals surface area contributed by atoms with Gasteiger partial charge in [-0.1, -0.05) is 35.5 Å². The maximum atomic E-state index is 5.33. The summed E-state index contributed by atoms with van der Waals surface area (Å²) in [5.41, 5.74) is 3.56. The molecule has 2 aromatic heterocycles. The first-order chi connectivity index (χ1) is 12.7. The van der Waals surface area contributed by atoms with Gasteiger partial charge in [-0.25, -0.2) is 4.98 Å². The van der Waals surface area contributed by atoms with Gasteiger partial charge >= 0.3 is 0 Å². The Kier molecular flexibility index (Phi) is 4.89. The van der Waals surface area contributed by atoms with E-state index in [1.54, 1.807) is 0 Å². The number of hydrogen-bond acceptors (Lipinski definition) is 4. The Labute approximate surface area is 154 Å². The van der Waals surface area contributed by atoms with Crippen molar-refractivity contribution in [3.63, 3.8) is 0 Å². The topological polar surface area (TPSA) is 47.1 Å². The predicted molar refractivity (Wildman–Crippen MR) is 101 cm³/mol. The highest BCUT2D eigenvalue weighted by molar-refractivity contribution is 5.21. The van der Waals surface area contributed by atoms with Crippen molar-refractivity contribution in [2.45, 2.75) is 45.7 Å². The highest BCUT2D eigenvalue weighted by atomic mass is 16.5. The summed E-state index contributed by atoms with van der Waals surface area (Å²) in [6.07, 6.45) is 6.44. The monoisotopic (exact) mass is 350 g/mol. The van der Waals surface area contributed by atoms with Crippen LogP contribution in [0.25, 0.3) is 0 Å². The highest BCUT2D eigenvalue weighted by Crippen LogP contribution is 2.28. The number of imidazole rings is 1. The van der Waals surface area contributed by atoms with Crippen LogP contribution < -0.4 is 0 Å². The van der Waals surface area contributed by atoms with Gasteiger partial charge in [0, 0.05) is 43.5 Å². The van der Waals surface area contributed by atoms with Gasteiger partial charge in [-0.05, 0) is 38.8 Å². The van der Waals surface area contributed by atoms with Crippen LogP contribution in [-0.4, -0.2) is 32.7 Å². The maximum Gasteiger partial charge on any atom is 0.138 e. The lowest BCUT2D eigenvalue weighted by Crippen LogP contribution is -2.35. The Hall–Kier alpha value is -2.40. The molecule has 1 fully saturated rings. The van der Waals surface area contributed by atoms with Crippen molar-refractivity contribution >= 4 is 0 Å². The lowest BCUT2D eigenvalue weighted by molar-refractivity contribution is 0.193. The van der Waals surface area contributed by atoms with Crippen LogP contribution in [-0.2, 0) is 13.1 Å². The number of aryl methyl sites for hydroxylation is 2. The number of rotatable bonds is 5. The van der Waals surface area contributed by atoms with E-state index in [2.05, 4.69) is 51.2 Å². The van der Waals surface area contributed by atoms with Crippen molar-refractivity contribution in [2.75, 3.05) is 13.1 Å². The summed E-state index contributed by atoms with van der Waals surface area (Å²) in [6.45, 7) is 7.99. The number of nitrogens with zero attached hydrogens (tertiary/aromatic N) is 4. The third-order valence-electron chi connectivity index (χ3n) is 5.38. The van der Waals surface area contributed by atoms with Crippen LogP contribution in [0.1, 0.15) is 47.2 Å². The quantitative estimate of drug-likeness (QED) is 0.700. The average molecular weight is 350 g/mol. The molecule has 1 aromatic carbocycles. The van der Waals surface area contributed by atoms with Gasteiger partial charge in [-0.2, -0.15) is 0 Å². The summed E-state index contributed by atoms with van der Waals surface area (Å²) in [4.78, 5) is 7.22. The Balaban J connectivity index is 1.48. The van der Waals surface area contributed by atoms with Gasteiger partial charge in [0.25, 0.3) is 0 Å². The molecule has 0 amide bonds. The van der Waals surface area contributed by atoms with Gasteiger partial charge in [0.05, 0.1) is 5.69 Å². The van der Waals surface area contributed by atoms with Crippen LogP contribution in [0.15, 0.2) is 47.2 Å². The van der Waals surface area contributed by atoms with E-state index in [0.29, 0.717) is 5.92 Å². The van der Waals surface area contributed by atoms with Crippen molar-refractivity contribution < 1.29 is 4.52 Å². The molecule has 1 atom stereocenters. The van der Waals surface area contributed by atoms with E-state index in [0.717, 1.165) is 37.6 Å². The molecular weight excluding hydrogens is 324 g/mol. The van der Waals surface area contributed by atoms with Crippen molar-refractivity contribution in [3.05, 3.63) is 71.1 Å². The molecule has 0 aliphatic carbocycles. The Morgan fingerprint density at radius 1 is 1.15 bits per heavy atom. The second kappa shape index (κ2) is 7.46. The fourth-order valence-electron chi connectivity index (χ4n) is 3.96. The Morgan fingerprint density at radius 3 is 2.77 bits per heavy atom. The van der Waals surface area contributed by atoms with Gasteiger partial charge in [-0.15, -0.1) is 0 Å². The largest absolute Gasteiger partial charge is 0.361 e. The third-order valence-corrected chi connectivity index (χ3v) is 5.38. The van der Waals surface area contributed by atoms with Crippen molar-refractivity contribution in [1.29, 1.82) is 0 Å². The summed E-state index contributed by atoms with van der Waals surface area (Å²) in [5.74, 6) is 2.62.